The number of benzene rings is 3. The molecule has 0 aliphatic carbocycles. The molecule has 2 fully saturated rings. The van der Waals surface area contributed by atoms with E-state index in [1.807, 2.05) is 37.3 Å². The monoisotopic (exact) mass is 430 g/mol. The first-order valence-corrected chi connectivity index (χ1v) is 10.5. The molecule has 0 bridgehead atoms. The van der Waals surface area contributed by atoms with Gasteiger partial charge in [0.2, 0.25) is 5.91 Å². The summed E-state index contributed by atoms with van der Waals surface area (Å²) in [4.78, 5) is 34.1. The van der Waals surface area contributed by atoms with Crippen LogP contribution in [0.25, 0.3) is 0 Å². The molecule has 2 heterocycles. The maximum absolute atomic E-state index is 13.6. The number of phenols is 1. The van der Waals surface area contributed by atoms with Crippen molar-refractivity contribution in [3.63, 3.8) is 0 Å². The number of imide groups is 1. The van der Waals surface area contributed by atoms with Gasteiger partial charge in [-0.25, -0.2) is 9.96 Å². The Morgan fingerprint density at radius 3 is 2.22 bits per heavy atom. The number of aromatic hydroxyl groups is 1. The van der Waals surface area contributed by atoms with Crippen molar-refractivity contribution in [2.24, 2.45) is 5.92 Å². The Hall–Kier alpha value is -3.84. The lowest BCUT2D eigenvalue weighted by molar-refractivity contribution is -0.126. The van der Waals surface area contributed by atoms with Crippen molar-refractivity contribution in [3.8, 4) is 11.5 Å². The van der Waals surface area contributed by atoms with E-state index in [2.05, 4.69) is 0 Å². The zero-order valence-electron chi connectivity index (χ0n) is 17.4. The average molecular weight is 430 g/mol. The van der Waals surface area contributed by atoms with E-state index in [1.165, 1.54) is 4.90 Å². The second-order valence-corrected chi connectivity index (χ2v) is 7.69. The molecule has 5 rings (SSSR count). The van der Waals surface area contributed by atoms with Gasteiger partial charge in [-0.2, -0.15) is 0 Å². The predicted molar refractivity (Wildman–Crippen MR) is 118 cm³/mol. The van der Waals surface area contributed by atoms with Gasteiger partial charge in [-0.05, 0) is 61.0 Å². The van der Waals surface area contributed by atoms with Crippen molar-refractivity contribution in [2.75, 3.05) is 16.6 Å². The van der Waals surface area contributed by atoms with Crippen LogP contribution in [0, 0.1) is 5.92 Å². The van der Waals surface area contributed by atoms with Gasteiger partial charge in [0.1, 0.15) is 17.4 Å². The number of carbonyl (C=O) groups excluding carboxylic acids is 2. The minimum absolute atomic E-state index is 0.125. The van der Waals surface area contributed by atoms with E-state index in [1.54, 1.807) is 53.6 Å². The highest BCUT2D eigenvalue weighted by molar-refractivity contribution is 6.23. The number of ether oxygens (including phenoxy) is 1. The summed E-state index contributed by atoms with van der Waals surface area (Å²) in [7, 11) is 0. The van der Waals surface area contributed by atoms with Crippen molar-refractivity contribution >= 4 is 23.2 Å². The predicted octanol–water partition coefficient (Wildman–Crippen LogP) is 3.84. The van der Waals surface area contributed by atoms with Gasteiger partial charge in [-0.3, -0.25) is 14.4 Å². The number of anilines is 2. The highest BCUT2D eigenvalue weighted by atomic mass is 16.7. The van der Waals surface area contributed by atoms with E-state index in [0.717, 1.165) is 11.3 Å². The molecule has 0 spiro atoms. The summed E-state index contributed by atoms with van der Waals surface area (Å²) in [6, 6.07) is 22.4. The number of carbonyl (C=O) groups is 2. The van der Waals surface area contributed by atoms with Crippen LogP contribution >= 0.6 is 0 Å². The fourth-order valence-electron chi connectivity index (χ4n) is 4.34. The minimum atomic E-state index is -0.937. The van der Waals surface area contributed by atoms with Gasteiger partial charge in [-0.1, -0.05) is 30.3 Å². The number of hydrogen-bond acceptors (Lipinski definition) is 6. The molecule has 3 atom stereocenters. The molecule has 162 valence electrons. The van der Waals surface area contributed by atoms with Gasteiger partial charge in [0, 0.05) is 0 Å². The number of hydrogen-bond donors (Lipinski definition) is 1. The van der Waals surface area contributed by atoms with Gasteiger partial charge >= 0.3 is 0 Å². The number of nitrogens with zero attached hydrogens (tertiary/aromatic N) is 2. The second-order valence-electron chi connectivity index (χ2n) is 7.69. The summed E-state index contributed by atoms with van der Waals surface area (Å²) in [5, 5.41) is 11.4. The molecule has 3 aromatic carbocycles. The molecule has 0 aromatic heterocycles. The van der Waals surface area contributed by atoms with Crippen molar-refractivity contribution in [1.82, 2.24) is 0 Å². The molecule has 2 aliphatic heterocycles. The number of fused-ring (bicyclic) bond motifs is 1. The Labute approximate surface area is 185 Å². The summed E-state index contributed by atoms with van der Waals surface area (Å²) < 4.78 is 5.46. The highest BCUT2D eigenvalue weighted by Crippen LogP contribution is 2.47. The zero-order valence-corrected chi connectivity index (χ0v) is 17.4. The Balaban J connectivity index is 1.53. The van der Waals surface area contributed by atoms with Gasteiger partial charge in [0.25, 0.3) is 5.91 Å². The molecule has 2 aliphatic rings. The molecule has 0 unspecified atom stereocenters. The minimum Gasteiger partial charge on any atom is -0.508 e. The molecular weight excluding hydrogens is 408 g/mol. The van der Waals surface area contributed by atoms with E-state index >= 15 is 0 Å². The van der Waals surface area contributed by atoms with Crippen molar-refractivity contribution in [1.29, 1.82) is 0 Å². The summed E-state index contributed by atoms with van der Waals surface area (Å²) in [6.45, 7) is 2.42. The largest absolute Gasteiger partial charge is 0.508 e. The Kier molecular flexibility index (Phi) is 5.03. The highest BCUT2D eigenvalue weighted by Gasteiger charge is 2.60. The van der Waals surface area contributed by atoms with Crippen molar-refractivity contribution in [2.45, 2.75) is 19.1 Å². The lowest BCUT2D eigenvalue weighted by Crippen LogP contribution is -2.37. The van der Waals surface area contributed by atoms with Gasteiger partial charge in [0.05, 0.1) is 24.0 Å². The molecule has 2 saturated heterocycles. The summed E-state index contributed by atoms with van der Waals surface area (Å²) in [5.74, 6) is -0.643. The van der Waals surface area contributed by atoms with Crippen LogP contribution in [0.2, 0.25) is 0 Å². The van der Waals surface area contributed by atoms with Gasteiger partial charge < -0.3 is 9.84 Å². The maximum atomic E-state index is 13.6. The SMILES string of the molecule is CCOc1ccc(N2C(=O)[C@H]3[C@H](ON(c4ccccc4)[C@@H]3c3ccc(O)cc3)C2=O)cc1. The molecule has 32 heavy (non-hydrogen) atoms. The first kappa shape index (κ1) is 20.1. The molecule has 7 nitrogen and oxygen atoms in total. The molecule has 0 saturated carbocycles. The van der Waals surface area contributed by atoms with Crippen LogP contribution in [0.5, 0.6) is 11.5 Å². The van der Waals surface area contributed by atoms with E-state index in [0.29, 0.717) is 18.0 Å². The van der Waals surface area contributed by atoms with Crippen molar-refractivity contribution < 1.29 is 24.3 Å². The second kappa shape index (κ2) is 8.01. The molecule has 0 radical (unpaired) electrons. The first-order valence-electron chi connectivity index (χ1n) is 10.5. The van der Waals surface area contributed by atoms with Crippen LogP contribution in [-0.2, 0) is 14.4 Å². The van der Waals surface area contributed by atoms with Gasteiger partial charge in [0.15, 0.2) is 6.10 Å². The fraction of sp³-hybridized carbons (Fsp3) is 0.200. The maximum Gasteiger partial charge on any atom is 0.266 e. The Morgan fingerprint density at radius 2 is 1.56 bits per heavy atom. The normalized spacial score (nSPS) is 22.3. The lowest BCUT2D eigenvalue weighted by atomic mass is 9.90. The molecule has 7 heteroatoms. The van der Waals surface area contributed by atoms with Crippen LogP contribution in [-0.4, -0.2) is 29.6 Å². The van der Waals surface area contributed by atoms with E-state index in [9.17, 15) is 14.7 Å². The number of phenolic OH excluding ortho intramolecular Hbond substituents is 1. The van der Waals surface area contributed by atoms with Crippen LogP contribution < -0.4 is 14.7 Å². The van der Waals surface area contributed by atoms with Crippen LogP contribution in [0.1, 0.15) is 18.5 Å². The van der Waals surface area contributed by atoms with Crippen LogP contribution in [0.4, 0.5) is 11.4 Å². The lowest BCUT2D eigenvalue weighted by Gasteiger charge is -2.28. The summed E-state index contributed by atoms with van der Waals surface area (Å²) in [6.07, 6.45) is -0.937. The molecule has 1 N–H and O–H groups in total. The van der Waals surface area contributed by atoms with E-state index < -0.39 is 24.0 Å². The Bertz CT molecular complexity index is 1130. The third-order valence-corrected chi connectivity index (χ3v) is 5.77. The first-order chi connectivity index (χ1) is 15.6. The topological polar surface area (TPSA) is 79.3 Å². The average Bonchev–Trinajstić information content (AvgIpc) is 3.32. The zero-order chi connectivity index (χ0) is 22.2. The summed E-state index contributed by atoms with van der Waals surface area (Å²) >= 11 is 0. The van der Waals surface area contributed by atoms with Crippen LogP contribution in [0.3, 0.4) is 0 Å². The Morgan fingerprint density at radius 1 is 0.875 bits per heavy atom. The number of hydroxylamine groups is 1. The fourth-order valence-corrected chi connectivity index (χ4v) is 4.34. The quantitative estimate of drug-likeness (QED) is 0.620. The smallest absolute Gasteiger partial charge is 0.266 e. The van der Waals surface area contributed by atoms with E-state index in [4.69, 9.17) is 9.57 Å². The third kappa shape index (κ3) is 3.27. The molecule has 2 amide bonds. The van der Waals surface area contributed by atoms with E-state index in [-0.39, 0.29) is 11.7 Å². The summed E-state index contributed by atoms with van der Waals surface area (Å²) in [5.41, 5.74) is 2.00. The van der Waals surface area contributed by atoms with Crippen molar-refractivity contribution in [3.05, 3.63) is 84.4 Å². The van der Waals surface area contributed by atoms with Gasteiger partial charge in [-0.15, -0.1) is 0 Å². The number of rotatable bonds is 5. The molecule has 3 aromatic rings. The van der Waals surface area contributed by atoms with Crippen LogP contribution in [0.15, 0.2) is 78.9 Å². The number of amides is 2. The number of para-hydroxylation sites is 1. The standard InChI is InChI=1S/C25H22N2O5/c1-2-31-20-14-10-17(11-15-20)26-24(29)21-22(16-8-12-19(28)13-9-16)27(32-23(21)25(26)30)18-6-4-3-5-7-18/h3-15,21-23,28H,2H2,1H3/t21-,22-,23+/m1/s1. The third-order valence-electron chi connectivity index (χ3n) is 5.77. The molecular formula is C25H22N2O5.